The predicted molar refractivity (Wildman–Crippen MR) is 53.0 cm³/mol. The molecule has 0 aliphatic heterocycles. The summed E-state index contributed by atoms with van der Waals surface area (Å²) in [6.45, 7) is 6.23. The highest BCUT2D eigenvalue weighted by atomic mass is 32.1. The van der Waals surface area contributed by atoms with Crippen LogP contribution >= 0.6 is 11.3 Å². The van der Waals surface area contributed by atoms with E-state index < -0.39 is 11.7 Å². The Hall–Kier alpha value is -0.960. The number of hydrogen-bond acceptors (Lipinski definition) is 1. The molecule has 1 rings (SSSR count). The highest BCUT2D eigenvalue weighted by molar-refractivity contribution is 7.13. The van der Waals surface area contributed by atoms with E-state index in [0.29, 0.717) is 4.88 Å². The molecule has 0 aliphatic rings. The summed E-state index contributed by atoms with van der Waals surface area (Å²) in [6.07, 6.45) is 0. The minimum absolute atomic E-state index is 0.0156. The quantitative estimate of drug-likeness (QED) is 0.626. The molecule has 1 aromatic heterocycles. The van der Waals surface area contributed by atoms with Gasteiger partial charge in [-0.2, -0.15) is 0 Å². The van der Waals surface area contributed by atoms with E-state index in [1.165, 1.54) is 18.3 Å². The summed E-state index contributed by atoms with van der Waals surface area (Å²) in [5, 5.41) is 0. The molecule has 1 aromatic rings. The number of halogens is 2. The van der Waals surface area contributed by atoms with Gasteiger partial charge in [-0.3, -0.25) is 0 Å². The van der Waals surface area contributed by atoms with E-state index in [0.717, 1.165) is 4.88 Å². The van der Waals surface area contributed by atoms with Crippen LogP contribution in [-0.2, 0) is 0 Å². The lowest BCUT2D eigenvalue weighted by atomic mass is 10.2. The zero-order chi connectivity index (χ0) is 10.0. The normalized spacial score (nSPS) is 12.6. The molecule has 0 radical (unpaired) electrons. The minimum atomic E-state index is -0.721. The maximum atomic E-state index is 12.9. The molecule has 0 aliphatic carbocycles. The molecule has 1 heterocycles. The third kappa shape index (κ3) is 2.25. The van der Waals surface area contributed by atoms with Gasteiger partial charge >= 0.3 is 0 Å². The van der Waals surface area contributed by atoms with Gasteiger partial charge in [-0.25, -0.2) is 8.78 Å². The van der Waals surface area contributed by atoms with Gasteiger partial charge in [-0.05, 0) is 26.0 Å². The SMILES string of the molecule is C=C(F)/C(=C(\C)F)c1ccc(C)s1. The first kappa shape index (κ1) is 10.1. The molecule has 0 amide bonds. The first-order valence-corrected chi connectivity index (χ1v) is 4.62. The number of rotatable bonds is 2. The van der Waals surface area contributed by atoms with Gasteiger partial charge in [0.15, 0.2) is 0 Å². The fraction of sp³-hybridized carbons (Fsp3) is 0.200. The first-order valence-electron chi connectivity index (χ1n) is 3.80. The largest absolute Gasteiger partial charge is 0.211 e. The van der Waals surface area contributed by atoms with Gasteiger partial charge in [0.05, 0.1) is 5.57 Å². The maximum absolute atomic E-state index is 12.9. The molecule has 0 saturated heterocycles. The summed E-state index contributed by atoms with van der Waals surface area (Å²) in [4.78, 5) is 1.61. The molecule has 0 aromatic carbocycles. The zero-order valence-corrected chi connectivity index (χ0v) is 8.34. The summed E-state index contributed by atoms with van der Waals surface area (Å²) in [5.41, 5.74) is -0.0156. The van der Waals surface area contributed by atoms with Crippen molar-refractivity contribution >= 4 is 16.9 Å². The lowest BCUT2D eigenvalue weighted by Crippen LogP contribution is -1.81. The second-order valence-electron chi connectivity index (χ2n) is 2.72. The molecule has 13 heavy (non-hydrogen) atoms. The predicted octanol–water partition coefficient (Wildman–Crippen LogP) is 4.24. The molecule has 70 valence electrons. The second-order valence-corrected chi connectivity index (χ2v) is 4.01. The Kier molecular flexibility index (Phi) is 2.98. The van der Waals surface area contributed by atoms with Crippen LogP contribution in [0.25, 0.3) is 5.57 Å². The van der Waals surface area contributed by atoms with Gasteiger partial charge in [0.1, 0.15) is 11.7 Å². The van der Waals surface area contributed by atoms with Gasteiger partial charge in [0.2, 0.25) is 0 Å². The van der Waals surface area contributed by atoms with Crippen LogP contribution in [-0.4, -0.2) is 0 Å². The van der Waals surface area contributed by atoms with Crippen molar-refractivity contribution in [1.82, 2.24) is 0 Å². The summed E-state index contributed by atoms with van der Waals surface area (Å²) in [7, 11) is 0. The molecule has 0 saturated carbocycles. The van der Waals surface area contributed by atoms with Crippen LogP contribution in [0.5, 0.6) is 0 Å². The topological polar surface area (TPSA) is 0 Å². The highest BCUT2D eigenvalue weighted by Gasteiger charge is 2.11. The standard InChI is InChI=1S/C10H10F2S/c1-6-4-5-9(13-6)10(7(2)11)8(3)12/h4-5H,2H2,1,3H3/b10-8-. The minimum Gasteiger partial charge on any atom is -0.211 e. The Morgan fingerprint density at radius 3 is 2.31 bits per heavy atom. The van der Waals surface area contributed by atoms with E-state index in [-0.39, 0.29) is 5.57 Å². The van der Waals surface area contributed by atoms with Crippen LogP contribution in [0.1, 0.15) is 16.7 Å². The van der Waals surface area contributed by atoms with Crippen LogP contribution in [0.4, 0.5) is 8.78 Å². The second kappa shape index (κ2) is 3.83. The van der Waals surface area contributed by atoms with E-state index in [9.17, 15) is 8.78 Å². The molecule has 0 fully saturated rings. The first-order chi connectivity index (χ1) is 6.02. The Balaban J connectivity index is 3.19. The van der Waals surface area contributed by atoms with Crippen molar-refractivity contribution in [1.29, 1.82) is 0 Å². The molecule has 0 unspecified atom stereocenters. The third-order valence-electron chi connectivity index (χ3n) is 1.60. The van der Waals surface area contributed by atoms with Gasteiger partial charge in [-0.1, -0.05) is 6.58 Å². The Labute approximate surface area is 80.2 Å². The number of aryl methyl sites for hydroxylation is 1. The van der Waals surface area contributed by atoms with E-state index in [2.05, 4.69) is 6.58 Å². The van der Waals surface area contributed by atoms with Crippen LogP contribution in [0, 0.1) is 6.92 Å². The molecule has 3 heteroatoms. The summed E-state index contributed by atoms with van der Waals surface area (Å²) in [5.74, 6) is -1.25. The summed E-state index contributed by atoms with van der Waals surface area (Å²) >= 11 is 1.35. The van der Waals surface area contributed by atoms with E-state index in [1.54, 1.807) is 6.07 Å². The number of allylic oxidation sites excluding steroid dienone is 3. The highest BCUT2D eigenvalue weighted by Crippen LogP contribution is 2.32. The van der Waals surface area contributed by atoms with Gasteiger partial charge in [-0.15, -0.1) is 11.3 Å². The fourth-order valence-corrected chi connectivity index (χ4v) is 2.03. The fourth-order valence-electron chi connectivity index (χ4n) is 1.06. The van der Waals surface area contributed by atoms with Crippen LogP contribution < -0.4 is 0 Å². The van der Waals surface area contributed by atoms with Crippen molar-refractivity contribution in [3.63, 3.8) is 0 Å². The number of hydrogen-bond donors (Lipinski definition) is 0. The average Bonchev–Trinajstić information content (AvgIpc) is 2.34. The van der Waals surface area contributed by atoms with E-state index in [4.69, 9.17) is 0 Å². The zero-order valence-electron chi connectivity index (χ0n) is 7.53. The van der Waals surface area contributed by atoms with Crippen molar-refractivity contribution in [3.05, 3.63) is 40.1 Å². The van der Waals surface area contributed by atoms with Gasteiger partial charge in [0.25, 0.3) is 0 Å². The monoisotopic (exact) mass is 200 g/mol. The van der Waals surface area contributed by atoms with Crippen LogP contribution in [0.3, 0.4) is 0 Å². The van der Waals surface area contributed by atoms with Crippen molar-refractivity contribution in [2.24, 2.45) is 0 Å². The molecular weight excluding hydrogens is 190 g/mol. The molecule has 0 nitrogen and oxygen atoms in total. The van der Waals surface area contributed by atoms with Gasteiger partial charge in [0, 0.05) is 9.75 Å². The molecule has 0 N–H and O–H groups in total. The van der Waals surface area contributed by atoms with E-state index in [1.807, 2.05) is 13.0 Å². The lowest BCUT2D eigenvalue weighted by Gasteiger charge is -2.00. The molecule has 0 bridgehead atoms. The van der Waals surface area contributed by atoms with Crippen molar-refractivity contribution in [3.8, 4) is 0 Å². The molecular formula is C10H10F2S. The van der Waals surface area contributed by atoms with Crippen LogP contribution in [0.2, 0.25) is 0 Å². The Morgan fingerprint density at radius 2 is 2.00 bits per heavy atom. The molecule has 0 atom stereocenters. The summed E-state index contributed by atoms with van der Waals surface area (Å²) in [6, 6.07) is 3.52. The van der Waals surface area contributed by atoms with Crippen LogP contribution in [0.15, 0.2) is 30.4 Å². The Morgan fingerprint density at radius 1 is 1.38 bits per heavy atom. The van der Waals surface area contributed by atoms with Crippen molar-refractivity contribution < 1.29 is 8.78 Å². The Bertz CT molecular complexity index is 357. The van der Waals surface area contributed by atoms with E-state index >= 15 is 0 Å². The van der Waals surface area contributed by atoms with Crippen molar-refractivity contribution in [2.75, 3.05) is 0 Å². The summed E-state index contributed by atoms with van der Waals surface area (Å²) < 4.78 is 25.7. The van der Waals surface area contributed by atoms with Gasteiger partial charge < -0.3 is 0 Å². The lowest BCUT2D eigenvalue weighted by molar-refractivity contribution is 0.626. The van der Waals surface area contributed by atoms with Crippen molar-refractivity contribution in [2.45, 2.75) is 13.8 Å². The number of thiophene rings is 1. The smallest absolute Gasteiger partial charge is 0.127 e. The maximum Gasteiger partial charge on any atom is 0.127 e. The average molecular weight is 200 g/mol. The third-order valence-corrected chi connectivity index (χ3v) is 2.62. The molecule has 0 spiro atoms.